The predicted molar refractivity (Wildman–Crippen MR) is 204 cm³/mol. The van der Waals surface area contributed by atoms with Gasteiger partial charge in [0.05, 0.1) is 52.6 Å². The van der Waals surface area contributed by atoms with E-state index in [1.165, 1.54) is 0 Å². The molecule has 53 heavy (non-hydrogen) atoms. The first-order chi connectivity index (χ1) is 25.6. The molecule has 4 aromatic carbocycles. The molecule has 0 radical (unpaired) electrons. The van der Waals surface area contributed by atoms with Gasteiger partial charge in [0.25, 0.3) is 5.91 Å². The lowest BCUT2D eigenvalue weighted by Crippen LogP contribution is -2.52. The summed E-state index contributed by atoms with van der Waals surface area (Å²) in [5.74, 6) is 0.0632. The summed E-state index contributed by atoms with van der Waals surface area (Å²) >= 11 is 0. The second-order valence-electron chi connectivity index (χ2n) is 15.1. The maximum atomic E-state index is 15.3. The fourth-order valence-electron chi connectivity index (χ4n) is 9.39. The van der Waals surface area contributed by atoms with E-state index in [0.29, 0.717) is 42.1 Å². The van der Waals surface area contributed by atoms with Gasteiger partial charge in [0.15, 0.2) is 5.60 Å². The van der Waals surface area contributed by atoms with Crippen molar-refractivity contribution in [3.8, 4) is 5.75 Å². The van der Waals surface area contributed by atoms with Crippen LogP contribution in [0.4, 0.5) is 21.9 Å². The first kappa shape index (κ1) is 35.1. The van der Waals surface area contributed by atoms with Crippen LogP contribution in [0.15, 0.2) is 97.1 Å². The minimum Gasteiger partial charge on any atom is -0.497 e. The second kappa shape index (κ2) is 13.5. The van der Waals surface area contributed by atoms with Gasteiger partial charge in [-0.3, -0.25) is 19.4 Å². The first-order valence-corrected chi connectivity index (χ1v) is 21.4. The van der Waals surface area contributed by atoms with E-state index in [-0.39, 0.29) is 48.9 Å². The molecule has 1 N–H and O–H groups in total. The molecule has 1 spiro atoms. The highest BCUT2D eigenvalue weighted by Gasteiger charge is 2.67. The van der Waals surface area contributed by atoms with Crippen LogP contribution in [0.3, 0.4) is 0 Å². The van der Waals surface area contributed by atoms with Gasteiger partial charge in [-0.2, -0.15) is 0 Å². The molecule has 0 aromatic heterocycles. The van der Waals surface area contributed by atoms with Crippen LogP contribution in [-0.2, 0) is 37.6 Å². The lowest BCUT2D eigenvalue weighted by Gasteiger charge is -2.39. The van der Waals surface area contributed by atoms with Gasteiger partial charge in [-0.05, 0) is 65.6 Å². The number of carbonyl (C=O) groups excluding carboxylic acids is 3. The number of amides is 3. The Morgan fingerprint density at radius 3 is 2.34 bits per heavy atom. The molecule has 0 unspecified atom stereocenters. The van der Waals surface area contributed by atoms with Gasteiger partial charge in [0.2, 0.25) is 5.91 Å². The Bertz CT molecular complexity index is 2060. The molecule has 4 aliphatic heterocycles. The number of rotatable bonds is 8. The Hall–Kier alpha value is -4.97. The Morgan fingerprint density at radius 1 is 0.943 bits per heavy atom. The topological polar surface area (TPSA) is 109 Å². The number of fused-ring (bicyclic) bond motifs is 3. The van der Waals surface area contributed by atoms with Crippen LogP contribution in [0.5, 0.6) is 5.75 Å². The van der Waals surface area contributed by atoms with Crippen molar-refractivity contribution in [1.29, 1.82) is 0 Å². The fraction of sp³-hybridized carbons (Fsp3) is 0.357. The third-order valence-electron chi connectivity index (χ3n) is 12.1. The smallest absolute Gasteiger partial charge is 0.414 e. The van der Waals surface area contributed by atoms with Crippen LogP contribution < -0.4 is 19.7 Å². The molecule has 274 valence electrons. The summed E-state index contributed by atoms with van der Waals surface area (Å²) in [6, 6.07) is 31.0. The number of cyclic esters (lactones) is 1. The van der Waals surface area contributed by atoms with E-state index in [2.05, 4.69) is 38.2 Å². The maximum absolute atomic E-state index is 15.3. The van der Waals surface area contributed by atoms with Crippen molar-refractivity contribution in [3.05, 3.63) is 114 Å². The molecule has 2 saturated heterocycles. The molecule has 4 heterocycles. The van der Waals surface area contributed by atoms with Crippen molar-refractivity contribution < 1.29 is 33.7 Å². The zero-order valence-electron chi connectivity index (χ0n) is 30.5. The number of hydrogen-bond donors (Lipinski definition) is 1. The highest BCUT2D eigenvalue weighted by Crippen LogP contribution is 2.61. The van der Waals surface area contributed by atoms with Crippen LogP contribution in [0.25, 0.3) is 0 Å². The minimum atomic E-state index is -2.56. The molecule has 4 aliphatic rings. The van der Waals surface area contributed by atoms with Crippen LogP contribution in [0.2, 0.25) is 18.6 Å². The number of methoxy groups -OCH3 is 1. The Balaban J connectivity index is 1.25. The van der Waals surface area contributed by atoms with E-state index in [9.17, 15) is 14.7 Å². The summed E-state index contributed by atoms with van der Waals surface area (Å²) in [6.07, 6.45) is -0.432. The van der Waals surface area contributed by atoms with Gasteiger partial charge in [-0.1, -0.05) is 79.8 Å². The molecule has 0 aliphatic carbocycles. The lowest BCUT2D eigenvalue weighted by atomic mass is 9.82. The van der Waals surface area contributed by atoms with E-state index >= 15 is 4.79 Å². The summed E-state index contributed by atoms with van der Waals surface area (Å²) in [5, 5.41) is 11.6. The molecular weight excluding hydrogens is 687 g/mol. The van der Waals surface area contributed by atoms with Crippen LogP contribution >= 0.6 is 0 Å². The molecule has 11 heteroatoms. The normalized spacial score (nSPS) is 25.1. The molecule has 0 bridgehead atoms. The summed E-state index contributed by atoms with van der Waals surface area (Å²) in [4.78, 5) is 47.8. The third kappa shape index (κ3) is 5.64. The Morgan fingerprint density at radius 2 is 1.66 bits per heavy atom. The van der Waals surface area contributed by atoms with Crippen LogP contribution in [0.1, 0.15) is 30.0 Å². The van der Waals surface area contributed by atoms with Gasteiger partial charge < -0.3 is 24.2 Å². The molecular formula is C42H45N3O7Si. The second-order valence-corrected chi connectivity index (χ2v) is 19.8. The number of aliphatic hydroxyl groups is 1. The molecule has 0 saturated carbocycles. The number of hydrogen-bond acceptors (Lipinski definition) is 7. The average molecular weight is 732 g/mol. The van der Waals surface area contributed by atoms with Gasteiger partial charge in [-0.15, -0.1) is 0 Å². The van der Waals surface area contributed by atoms with Gasteiger partial charge in [0.1, 0.15) is 12.4 Å². The van der Waals surface area contributed by atoms with Crippen LogP contribution in [0, 0.1) is 5.92 Å². The molecule has 3 amide bonds. The van der Waals surface area contributed by atoms with Crippen molar-refractivity contribution >= 4 is 48.2 Å². The SMILES string of the molecule is COc1ccc([Si](C)(C)[C@H]2[C@H](CC(=O)N3Cc4ccccc4C[C@H]3CO)O[C@@]3(C(=O)N(c4ccccc4)c4ccc(N5CCOC5=O)cc43)[C@@H]2C)cc1. The third-order valence-corrected chi connectivity index (χ3v) is 16.4. The van der Waals surface area contributed by atoms with E-state index in [4.69, 9.17) is 14.2 Å². The quantitative estimate of drug-likeness (QED) is 0.226. The molecule has 5 atom stereocenters. The largest absolute Gasteiger partial charge is 0.497 e. The number of anilines is 3. The first-order valence-electron chi connectivity index (χ1n) is 18.4. The van der Waals surface area contributed by atoms with Crippen molar-refractivity contribution in [2.45, 2.75) is 62.7 Å². The zero-order chi connectivity index (χ0) is 37.1. The van der Waals surface area contributed by atoms with Gasteiger partial charge in [-0.25, -0.2) is 4.79 Å². The molecule has 8 rings (SSSR count). The van der Waals surface area contributed by atoms with Crippen molar-refractivity contribution in [2.24, 2.45) is 5.92 Å². The standard InChI is InChI=1S/C42H45N3O7Si/c1-27-39(53(3,4)34-17-15-33(50-2)16-18-34)37(24-38(47)44-25-29-11-9-8-10-28(29)22-32(44)26-46)52-42(27)35-23-31(43-20-21-51-41(43)49)14-19-36(35)45(40(42)48)30-12-6-5-7-13-30/h5-19,23,27,32,37,39,46H,20-22,24-26H2,1-4H3/t27-,32+,37+,39-,42+/m1/s1. The number of ether oxygens (including phenoxy) is 3. The highest BCUT2D eigenvalue weighted by molar-refractivity contribution is 6.91. The summed E-state index contributed by atoms with van der Waals surface area (Å²) in [5.41, 5.74) is 3.28. The summed E-state index contributed by atoms with van der Waals surface area (Å²) in [6.45, 7) is 7.60. The van der Waals surface area contributed by atoms with E-state index in [1.807, 2.05) is 78.9 Å². The molecule has 4 aromatic rings. The van der Waals surface area contributed by atoms with E-state index in [0.717, 1.165) is 22.1 Å². The van der Waals surface area contributed by atoms with Crippen molar-refractivity contribution in [1.82, 2.24) is 4.90 Å². The van der Waals surface area contributed by atoms with Crippen LogP contribution in [-0.4, -0.2) is 75.0 Å². The maximum Gasteiger partial charge on any atom is 0.414 e. The fourth-order valence-corrected chi connectivity index (χ4v) is 13.4. The summed E-state index contributed by atoms with van der Waals surface area (Å²) < 4.78 is 18.1. The summed E-state index contributed by atoms with van der Waals surface area (Å²) in [7, 11) is -0.914. The number of benzene rings is 4. The zero-order valence-corrected chi connectivity index (χ0v) is 31.5. The lowest BCUT2D eigenvalue weighted by molar-refractivity contribution is -0.150. The molecule has 2 fully saturated rings. The van der Waals surface area contributed by atoms with Crippen molar-refractivity contribution in [2.75, 3.05) is 36.7 Å². The van der Waals surface area contributed by atoms with E-state index < -0.39 is 25.9 Å². The number of nitrogens with zero attached hydrogens (tertiary/aromatic N) is 3. The molecule has 10 nitrogen and oxygen atoms in total. The van der Waals surface area contributed by atoms with Gasteiger partial charge in [0, 0.05) is 29.4 Å². The van der Waals surface area contributed by atoms with Gasteiger partial charge >= 0.3 is 6.09 Å². The minimum absolute atomic E-state index is 0.0497. The predicted octanol–water partition coefficient (Wildman–Crippen LogP) is 5.88. The number of aliphatic hydroxyl groups excluding tert-OH is 1. The Labute approximate surface area is 310 Å². The van der Waals surface area contributed by atoms with E-state index in [1.54, 1.807) is 21.8 Å². The average Bonchev–Trinajstić information content (AvgIpc) is 3.82. The number of para-hydroxylation sites is 1. The Kier molecular flexibility index (Phi) is 8.91. The van der Waals surface area contributed by atoms with Crippen molar-refractivity contribution in [3.63, 3.8) is 0 Å². The highest BCUT2D eigenvalue weighted by atomic mass is 28.3. The number of carbonyl (C=O) groups is 3. The monoisotopic (exact) mass is 731 g/mol.